The fraction of sp³-hybridized carbons (Fsp3) is 0.737. The average Bonchev–Trinajstić information content (AvgIpc) is 3.15. The molecule has 0 radical (unpaired) electrons. The number of hydrogen-bond acceptors (Lipinski definition) is 3. The predicted molar refractivity (Wildman–Crippen MR) is 94.2 cm³/mol. The minimum Gasteiger partial charge on any atom is -0.339 e. The maximum absolute atomic E-state index is 12.6. The molecule has 2 heterocycles. The lowest BCUT2D eigenvalue weighted by Crippen LogP contribution is -2.50. The van der Waals surface area contributed by atoms with Gasteiger partial charge in [-0.1, -0.05) is 25.7 Å². The van der Waals surface area contributed by atoms with Gasteiger partial charge in [0, 0.05) is 44.2 Å². The van der Waals surface area contributed by atoms with Gasteiger partial charge in [0.15, 0.2) is 0 Å². The number of H-pyrrole nitrogens is 1. The summed E-state index contributed by atoms with van der Waals surface area (Å²) in [6.45, 7) is 2.52. The van der Waals surface area contributed by atoms with Crippen LogP contribution >= 0.6 is 0 Å². The molecule has 1 aromatic heterocycles. The van der Waals surface area contributed by atoms with Crippen LogP contribution in [0.5, 0.6) is 0 Å². The largest absolute Gasteiger partial charge is 0.339 e. The van der Waals surface area contributed by atoms with E-state index < -0.39 is 0 Å². The number of nitrogens with zero attached hydrogens (tertiary/aromatic N) is 3. The van der Waals surface area contributed by atoms with Crippen molar-refractivity contribution in [3.8, 4) is 0 Å². The minimum atomic E-state index is -0.0128. The zero-order valence-corrected chi connectivity index (χ0v) is 14.9. The van der Waals surface area contributed by atoms with E-state index in [2.05, 4.69) is 10.2 Å². The molecular formula is C19H28N4O2. The van der Waals surface area contributed by atoms with Gasteiger partial charge in [-0.25, -0.2) is 0 Å². The van der Waals surface area contributed by atoms with E-state index in [0.717, 1.165) is 18.0 Å². The third-order valence-electron chi connectivity index (χ3n) is 5.99. The van der Waals surface area contributed by atoms with Crippen LogP contribution in [-0.2, 0) is 4.79 Å². The fourth-order valence-corrected chi connectivity index (χ4v) is 4.16. The Morgan fingerprint density at radius 3 is 2.40 bits per heavy atom. The third-order valence-corrected chi connectivity index (χ3v) is 5.99. The van der Waals surface area contributed by atoms with Gasteiger partial charge in [0.05, 0.1) is 0 Å². The summed E-state index contributed by atoms with van der Waals surface area (Å²) in [5, 5.41) is 7.18. The number of nitrogens with one attached hydrogen (secondary N) is 1. The standard InChI is InChI=1S/C19H28N4O2/c24-18(8-5-14-3-1-2-4-14)22-9-11-23(12-10-22)19(25)17-13-16(20-21-17)15-6-7-15/h13-15H,1-12H2,(H,20,21). The van der Waals surface area contributed by atoms with Gasteiger partial charge in [-0.05, 0) is 31.2 Å². The normalized spacial score (nSPS) is 21.8. The molecule has 2 amide bonds. The molecule has 0 spiro atoms. The van der Waals surface area contributed by atoms with Crippen molar-refractivity contribution in [1.29, 1.82) is 0 Å². The van der Waals surface area contributed by atoms with Crippen LogP contribution in [-0.4, -0.2) is 58.0 Å². The van der Waals surface area contributed by atoms with Crippen LogP contribution in [0.1, 0.15) is 73.5 Å². The maximum atomic E-state index is 12.6. The van der Waals surface area contributed by atoms with Crippen molar-refractivity contribution in [2.45, 2.75) is 57.3 Å². The van der Waals surface area contributed by atoms with E-state index in [4.69, 9.17) is 0 Å². The first kappa shape index (κ1) is 16.6. The highest BCUT2D eigenvalue weighted by atomic mass is 16.2. The van der Waals surface area contributed by atoms with Crippen molar-refractivity contribution < 1.29 is 9.59 Å². The molecule has 0 unspecified atom stereocenters. The molecule has 3 fully saturated rings. The van der Waals surface area contributed by atoms with Gasteiger partial charge in [0.1, 0.15) is 5.69 Å². The topological polar surface area (TPSA) is 69.3 Å². The van der Waals surface area contributed by atoms with Gasteiger partial charge < -0.3 is 9.80 Å². The number of carbonyl (C=O) groups is 2. The van der Waals surface area contributed by atoms with Crippen LogP contribution in [0, 0.1) is 5.92 Å². The Labute approximate surface area is 148 Å². The Morgan fingerprint density at radius 2 is 1.72 bits per heavy atom. The lowest BCUT2D eigenvalue weighted by Gasteiger charge is -2.34. The molecule has 3 aliphatic rings. The Bertz CT molecular complexity index is 623. The van der Waals surface area contributed by atoms with Gasteiger partial charge in [0.2, 0.25) is 5.91 Å². The first-order valence-electron chi connectivity index (χ1n) is 9.83. The zero-order valence-electron chi connectivity index (χ0n) is 14.9. The molecule has 6 heteroatoms. The first-order valence-corrected chi connectivity index (χ1v) is 9.83. The summed E-state index contributed by atoms with van der Waals surface area (Å²) in [7, 11) is 0. The summed E-state index contributed by atoms with van der Waals surface area (Å²) >= 11 is 0. The van der Waals surface area contributed by atoms with Crippen LogP contribution < -0.4 is 0 Å². The molecule has 25 heavy (non-hydrogen) atoms. The molecule has 1 aliphatic heterocycles. The van der Waals surface area contributed by atoms with E-state index in [1.165, 1.54) is 38.5 Å². The second kappa shape index (κ2) is 7.18. The molecule has 1 saturated heterocycles. The van der Waals surface area contributed by atoms with Crippen LogP contribution in [0.15, 0.2) is 6.07 Å². The third kappa shape index (κ3) is 3.88. The van der Waals surface area contributed by atoms with Crippen LogP contribution in [0.25, 0.3) is 0 Å². The van der Waals surface area contributed by atoms with Crippen molar-refractivity contribution in [1.82, 2.24) is 20.0 Å². The Kier molecular flexibility index (Phi) is 4.77. The van der Waals surface area contributed by atoms with E-state index in [9.17, 15) is 9.59 Å². The second-order valence-corrected chi connectivity index (χ2v) is 7.84. The smallest absolute Gasteiger partial charge is 0.274 e. The molecule has 2 aliphatic carbocycles. The molecule has 6 nitrogen and oxygen atoms in total. The number of aromatic amines is 1. The summed E-state index contributed by atoms with van der Waals surface area (Å²) in [5.41, 5.74) is 1.60. The molecular weight excluding hydrogens is 316 g/mol. The lowest BCUT2D eigenvalue weighted by molar-refractivity contribution is -0.133. The van der Waals surface area contributed by atoms with Crippen molar-refractivity contribution in [2.24, 2.45) is 5.92 Å². The molecule has 136 valence electrons. The monoisotopic (exact) mass is 344 g/mol. The van der Waals surface area contributed by atoms with Gasteiger partial charge in [-0.15, -0.1) is 0 Å². The van der Waals surface area contributed by atoms with E-state index >= 15 is 0 Å². The molecule has 0 aromatic carbocycles. The van der Waals surface area contributed by atoms with Gasteiger partial charge >= 0.3 is 0 Å². The van der Waals surface area contributed by atoms with E-state index in [0.29, 0.717) is 44.2 Å². The molecule has 2 saturated carbocycles. The van der Waals surface area contributed by atoms with E-state index in [-0.39, 0.29) is 11.8 Å². The molecule has 4 rings (SSSR count). The van der Waals surface area contributed by atoms with E-state index in [1.54, 1.807) is 0 Å². The van der Waals surface area contributed by atoms with Crippen molar-refractivity contribution in [3.05, 3.63) is 17.5 Å². The number of aromatic nitrogens is 2. The number of hydrogen-bond donors (Lipinski definition) is 1. The van der Waals surface area contributed by atoms with Gasteiger partial charge in [0.25, 0.3) is 5.91 Å². The number of piperazine rings is 1. The minimum absolute atomic E-state index is 0.0128. The Balaban J connectivity index is 1.24. The van der Waals surface area contributed by atoms with Crippen LogP contribution in [0.2, 0.25) is 0 Å². The molecule has 1 N–H and O–H groups in total. The van der Waals surface area contributed by atoms with Gasteiger partial charge in [-0.3, -0.25) is 14.7 Å². The fourth-order valence-electron chi connectivity index (χ4n) is 4.16. The van der Waals surface area contributed by atoms with Crippen LogP contribution in [0.4, 0.5) is 0 Å². The van der Waals surface area contributed by atoms with Crippen molar-refractivity contribution in [2.75, 3.05) is 26.2 Å². The summed E-state index contributed by atoms with van der Waals surface area (Å²) in [5.74, 6) is 1.58. The Morgan fingerprint density at radius 1 is 1.04 bits per heavy atom. The molecule has 1 aromatic rings. The molecule has 0 atom stereocenters. The summed E-state index contributed by atoms with van der Waals surface area (Å²) < 4.78 is 0. The summed E-state index contributed by atoms with van der Waals surface area (Å²) in [6, 6.07) is 1.90. The summed E-state index contributed by atoms with van der Waals surface area (Å²) in [6.07, 6.45) is 9.33. The van der Waals surface area contributed by atoms with Crippen molar-refractivity contribution >= 4 is 11.8 Å². The SMILES string of the molecule is O=C(CCC1CCCC1)N1CCN(C(=O)c2cc(C3CC3)[nH]n2)CC1. The number of rotatable bonds is 5. The maximum Gasteiger partial charge on any atom is 0.274 e. The number of carbonyl (C=O) groups excluding carboxylic acids is 2. The summed E-state index contributed by atoms with van der Waals surface area (Å²) in [4.78, 5) is 28.7. The first-order chi connectivity index (χ1) is 12.2. The lowest BCUT2D eigenvalue weighted by atomic mass is 10.0. The second-order valence-electron chi connectivity index (χ2n) is 7.84. The highest BCUT2D eigenvalue weighted by Crippen LogP contribution is 2.39. The van der Waals surface area contributed by atoms with E-state index in [1.807, 2.05) is 15.9 Å². The quantitative estimate of drug-likeness (QED) is 0.892. The predicted octanol–water partition coefficient (Wildman–Crippen LogP) is 2.54. The Hall–Kier alpha value is -1.85. The highest BCUT2D eigenvalue weighted by molar-refractivity contribution is 5.92. The molecule has 0 bridgehead atoms. The van der Waals surface area contributed by atoms with Crippen LogP contribution in [0.3, 0.4) is 0 Å². The zero-order chi connectivity index (χ0) is 17.2. The number of amides is 2. The highest BCUT2D eigenvalue weighted by Gasteiger charge is 2.29. The van der Waals surface area contributed by atoms with Gasteiger partial charge in [-0.2, -0.15) is 5.10 Å². The average molecular weight is 344 g/mol. The van der Waals surface area contributed by atoms with Crippen molar-refractivity contribution in [3.63, 3.8) is 0 Å².